The smallest absolute Gasteiger partial charge is 0.240 e. The standard InChI is InChI=1S/C16H16F2N2O3S2/c1-10-3-5-12(8-15(10)25(22,23)19-2)20-16(21)9-24-14-6-4-11(17)7-13(14)18/h3-8,19H,9H2,1-2H3,(H,20,21). The molecule has 0 aliphatic rings. The van der Waals surface area contributed by atoms with E-state index in [0.29, 0.717) is 11.3 Å². The normalized spacial score (nSPS) is 11.4. The first-order valence-electron chi connectivity index (χ1n) is 7.15. The Balaban J connectivity index is 2.07. The summed E-state index contributed by atoms with van der Waals surface area (Å²) in [5.41, 5.74) is 0.847. The number of benzene rings is 2. The molecular formula is C16H16F2N2O3S2. The van der Waals surface area contributed by atoms with E-state index in [1.807, 2.05) is 0 Å². The number of rotatable bonds is 6. The van der Waals surface area contributed by atoms with Crippen molar-refractivity contribution in [2.75, 3.05) is 18.1 Å². The molecule has 0 saturated carbocycles. The van der Waals surface area contributed by atoms with Crippen LogP contribution in [0.1, 0.15) is 5.56 Å². The van der Waals surface area contributed by atoms with Crippen LogP contribution in [-0.2, 0) is 14.8 Å². The molecule has 0 aliphatic carbocycles. The maximum Gasteiger partial charge on any atom is 0.240 e. The number of sulfonamides is 1. The van der Waals surface area contributed by atoms with Gasteiger partial charge in [0.2, 0.25) is 15.9 Å². The summed E-state index contributed by atoms with van der Waals surface area (Å²) in [5, 5.41) is 2.56. The molecule has 1 amide bonds. The second-order valence-corrected chi connectivity index (χ2v) is 7.97. The van der Waals surface area contributed by atoms with Gasteiger partial charge in [0.05, 0.1) is 10.6 Å². The third-order valence-electron chi connectivity index (χ3n) is 3.28. The third kappa shape index (κ3) is 5.00. The predicted molar refractivity (Wildman–Crippen MR) is 93.1 cm³/mol. The van der Waals surface area contributed by atoms with Crippen molar-refractivity contribution in [3.8, 4) is 0 Å². The van der Waals surface area contributed by atoms with E-state index in [4.69, 9.17) is 0 Å². The van der Waals surface area contributed by atoms with E-state index >= 15 is 0 Å². The van der Waals surface area contributed by atoms with Crippen LogP contribution in [0, 0.1) is 18.6 Å². The molecule has 0 bridgehead atoms. The Labute approximate surface area is 148 Å². The molecule has 2 N–H and O–H groups in total. The molecule has 2 aromatic rings. The van der Waals surface area contributed by atoms with Crippen molar-refractivity contribution in [3.63, 3.8) is 0 Å². The summed E-state index contributed by atoms with van der Waals surface area (Å²) in [6.45, 7) is 1.64. The van der Waals surface area contributed by atoms with Gasteiger partial charge >= 0.3 is 0 Å². The van der Waals surface area contributed by atoms with Gasteiger partial charge in [-0.05, 0) is 43.8 Å². The Bertz CT molecular complexity index is 902. The zero-order valence-electron chi connectivity index (χ0n) is 13.5. The minimum absolute atomic E-state index is 0.0602. The minimum atomic E-state index is -3.64. The summed E-state index contributed by atoms with van der Waals surface area (Å²) in [6.07, 6.45) is 0. The fourth-order valence-corrected chi connectivity index (χ4v) is 3.72. The van der Waals surface area contributed by atoms with E-state index in [1.54, 1.807) is 19.1 Å². The van der Waals surface area contributed by atoms with Gasteiger partial charge in [0.25, 0.3) is 0 Å². The number of thioether (sulfide) groups is 1. The summed E-state index contributed by atoms with van der Waals surface area (Å²) in [4.78, 5) is 12.2. The topological polar surface area (TPSA) is 75.3 Å². The van der Waals surface area contributed by atoms with E-state index in [2.05, 4.69) is 10.0 Å². The van der Waals surface area contributed by atoms with Crippen molar-refractivity contribution in [2.45, 2.75) is 16.7 Å². The number of amides is 1. The zero-order valence-corrected chi connectivity index (χ0v) is 15.1. The second-order valence-electron chi connectivity index (χ2n) is 5.10. The molecule has 0 radical (unpaired) electrons. The third-order valence-corrected chi connectivity index (χ3v) is 5.89. The fourth-order valence-electron chi connectivity index (χ4n) is 2.01. The van der Waals surface area contributed by atoms with Crippen LogP contribution in [0.15, 0.2) is 46.2 Å². The highest BCUT2D eigenvalue weighted by Crippen LogP contribution is 2.23. The SMILES string of the molecule is CNS(=O)(=O)c1cc(NC(=O)CSc2ccc(F)cc2F)ccc1C. The number of aryl methyl sites for hydroxylation is 1. The van der Waals surface area contributed by atoms with Crippen LogP contribution in [-0.4, -0.2) is 27.1 Å². The number of nitrogens with one attached hydrogen (secondary N) is 2. The molecule has 2 rings (SSSR count). The van der Waals surface area contributed by atoms with E-state index in [9.17, 15) is 22.0 Å². The average molecular weight is 386 g/mol. The van der Waals surface area contributed by atoms with Crippen molar-refractivity contribution >= 4 is 33.4 Å². The van der Waals surface area contributed by atoms with Crippen LogP contribution < -0.4 is 10.0 Å². The van der Waals surface area contributed by atoms with Crippen molar-refractivity contribution in [1.82, 2.24) is 4.72 Å². The monoisotopic (exact) mass is 386 g/mol. The first kappa shape index (κ1) is 19.4. The maximum absolute atomic E-state index is 13.5. The highest BCUT2D eigenvalue weighted by Gasteiger charge is 2.16. The second kappa shape index (κ2) is 7.94. The number of hydrogen-bond donors (Lipinski definition) is 2. The Morgan fingerprint density at radius 1 is 1.16 bits per heavy atom. The Morgan fingerprint density at radius 3 is 2.52 bits per heavy atom. The molecule has 134 valence electrons. The largest absolute Gasteiger partial charge is 0.325 e. The highest BCUT2D eigenvalue weighted by atomic mass is 32.2. The van der Waals surface area contributed by atoms with Crippen molar-refractivity contribution in [3.05, 3.63) is 53.6 Å². The number of carbonyl (C=O) groups is 1. The van der Waals surface area contributed by atoms with Crippen molar-refractivity contribution < 1.29 is 22.0 Å². The molecule has 25 heavy (non-hydrogen) atoms. The predicted octanol–water partition coefficient (Wildman–Crippen LogP) is 2.91. The lowest BCUT2D eigenvalue weighted by molar-refractivity contribution is -0.113. The van der Waals surface area contributed by atoms with Gasteiger partial charge in [-0.1, -0.05) is 6.07 Å². The van der Waals surface area contributed by atoms with Crippen LogP contribution in [0.3, 0.4) is 0 Å². The average Bonchev–Trinajstić information content (AvgIpc) is 2.55. The van der Waals surface area contributed by atoms with Crippen LogP contribution in [0.5, 0.6) is 0 Å². The lowest BCUT2D eigenvalue weighted by Gasteiger charge is -2.10. The molecular weight excluding hydrogens is 370 g/mol. The Morgan fingerprint density at radius 2 is 1.88 bits per heavy atom. The summed E-state index contributed by atoms with van der Waals surface area (Å²) in [6, 6.07) is 7.61. The molecule has 5 nitrogen and oxygen atoms in total. The molecule has 0 unspecified atom stereocenters. The van der Waals surface area contributed by atoms with Gasteiger partial charge < -0.3 is 5.32 Å². The minimum Gasteiger partial charge on any atom is -0.325 e. The number of hydrogen-bond acceptors (Lipinski definition) is 4. The van der Waals surface area contributed by atoms with Gasteiger partial charge in [0.15, 0.2) is 0 Å². The quantitative estimate of drug-likeness (QED) is 0.749. The lowest BCUT2D eigenvalue weighted by Crippen LogP contribution is -2.20. The van der Waals surface area contributed by atoms with Crippen LogP contribution in [0.25, 0.3) is 0 Å². The van der Waals surface area contributed by atoms with E-state index < -0.39 is 27.6 Å². The van der Waals surface area contributed by atoms with Crippen LogP contribution in [0.4, 0.5) is 14.5 Å². The van der Waals surface area contributed by atoms with Gasteiger partial charge in [0.1, 0.15) is 11.6 Å². The van der Waals surface area contributed by atoms with Crippen molar-refractivity contribution in [1.29, 1.82) is 0 Å². The Kier molecular flexibility index (Phi) is 6.15. The first-order chi connectivity index (χ1) is 11.7. The highest BCUT2D eigenvalue weighted by molar-refractivity contribution is 8.00. The number of halogens is 2. The lowest BCUT2D eigenvalue weighted by atomic mass is 10.2. The molecule has 0 aliphatic heterocycles. The van der Waals surface area contributed by atoms with E-state index in [0.717, 1.165) is 23.9 Å². The van der Waals surface area contributed by atoms with Gasteiger partial charge in [-0.25, -0.2) is 21.9 Å². The first-order valence-corrected chi connectivity index (χ1v) is 9.61. The summed E-state index contributed by atoms with van der Waals surface area (Å²) >= 11 is 0.916. The number of anilines is 1. The molecule has 0 saturated heterocycles. The Hall–Kier alpha value is -1.97. The molecule has 0 aromatic heterocycles. The van der Waals surface area contributed by atoms with E-state index in [-0.39, 0.29) is 15.5 Å². The zero-order chi connectivity index (χ0) is 18.6. The molecule has 0 atom stereocenters. The summed E-state index contributed by atoms with van der Waals surface area (Å²) in [5.74, 6) is -1.98. The van der Waals surface area contributed by atoms with E-state index in [1.165, 1.54) is 19.2 Å². The maximum atomic E-state index is 13.5. The molecule has 0 spiro atoms. The molecule has 2 aromatic carbocycles. The van der Waals surface area contributed by atoms with Gasteiger partial charge in [0, 0.05) is 16.6 Å². The molecule has 0 fully saturated rings. The van der Waals surface area contributed by atoms with Gasteiger partial charge in [-0.2, -0.15) is 0 Å². The van der Waals surface area contributed by atoms with Crippen LogP contribution in [0.2, 0.25) is 0 Å². The number of carbonyl (C=O) groups excluding carboxylic acids is 1. The summed E-state index contributed by atoms with van der Waals surface area (Å²) < 4.78 is 52.5. The fraction of sp³-hybridized carbons (Fsp3) is 0.188. The van der Waals surface area contributed by atoms with Gasteiger partial charge in [-0.3, -0.25) is 4.79 Å². The van der Waals surface area contributed by atoms with Gasteiger partial charge in [-0.15, -0.1) is 11.8 Å². The molecule has 9 heteroatoms. The summed E-state index contributed by atoms with van der Waals surface area (Å²) in [7, 11) is -2.34. The molecule has 0 heterocycles. The van der Waals surface area contributed by atoms with Crippen LogP contribution >= 0.6 is 11.8 Å². The van der Waals surface area contributed by atoms with Crippen molar-refractivity contribution in [2.24, 2.45) is 0 Å².